The number of nitrogens with zero attached hydrogens (tertiary/aromatic N) is 1. The highest BCUT2D eigenvalue weighted by Crippen LogP contribution is 2.32. The van der Waals surface area contributed by atoms with Crippen LogP contribution in [0.3, 0.4) is 0 Å². The zero-order valence-corrected chi connectivity index (χ0v) is 17.3. The fraction of sp³-hybridized carbons (Fsp3) is 0.238. The van der Waals surface area contributed by atoms with Gasteiger partial charge < -0.3 is 10.2 Å². The molecule has 0 saturated heterocycles. The first kappa shape index (κ1) is 18.2. The van der Waals surface area contributed by atoms with Gasteiger partial charge in [0.15, 0.2) is 0 Å². The number of fused-ring (bicyclic) bond motifs is 1. The number of hydrogen-bond donors (Lipinski definition) is 1. The number of thiophene rings is 1. The summed E-state index contributed by atoms with van der Waals surface area (Å²) < 4.78 is 1.02. The molecule has 0 spiro atoms. The van der Waals surface area contributed by atoms with Crippen molar-refractivity contribution < 1.29 is 9.59 Å². The summed E-state index contributed by atoms with van der Waals surface area (Å²) in [5.74, 6) is -0.0128. The molecule has 2 aromatic carbocycles. The number of hydrogen-bond acceptors (Lipinski definition) is 3. The van der Waals surface area contributed by atoms with Crippen LogP contribution in [-0.2, 0) is 11.3 Å². The quantitative estimate of drug-likeness (QED) is 0.583. The molecule has 0 unspecified atom stereocenters. The molecule has 0 aliphatic heterocycles. The molecular weight excluding hydrogens is 424 g/mol. The molecule has 2 amide bonds. The summed E-state index contributed by atoms with van der Waals surface area (Å²) in [6, 6.07) is 13.7. The van der Waals surface area contributed by atoms with Gasteiger partial charge in [0.05, 0.1) is 17.8 Å². The predicted octanol–water partition coefficient (Wildman–Crippen LogP) is 5.28. The fourth-order valence-electron chi connectivity index (χ4n) is 3.05. The van der Waals surface area contributed by atoms with Crippen molar-refractivity contribution in [3.05, 3.63) is 62.8 Å². The van der Waals surface area contributed by atoms with E-state index in [1.165, 1.54) is 0 Å². The van der Waals surface area contributed by atoms with Gasteiger partial charge in [0.25, 0.3) is 5.91 Å². The molecule has 1 aromatic heterocycles. The molecule has 4 rings (SSSR count). The maximum Gasteiger partial charge on any atom is 0.256 e. The number of carbonyl (C=O) groups is 2. The Hall–Kier alpha value is -2.18. The minimum Gasteiger partial charge on any atom is -0.336 e. The molecule has 1 heterocycles. The Morgan fingerprint density at radius 2 is 1.89 bits per heavy atom. The van der Waals surface area contributed by atoms with Crippen LogP contribution in [0, 0.1) is 5.92 Å². The molecule has 1 saturated carbocycles. The van der Waals surface area contributed by atoms with Gasteiger partial charge in [-0.3, -0.25) is 9.59 Å². The summed E-state index contributed by atoms with van der Waals surface area (Å²) >= 11 is 5.06. The Morgan fingerprint density at radius 1 is 1.19 bits per heavy atom. The summed E-state index contributed by atoms with van der Waals surface area (Å²) in [5, 5.41) is 6.97. The number of anilines is 1. The molecule has 4 nitrogen and oxygen atoms in total. The number of halogens is 1. The predicted molar refractivity (Wildman–Crippen MR) is 113 cm³/mol. The average molecular weight is 443 g/mol. The normalized spacial score (nSPS) is 13.6. The van der Waals surface area contributed by atoms with E-state index in [0.717, 1.165) is 33.0 Å². The number of nitrogens with one attached hydrogen (secondary N) is 1. The first-order valence-electron chi connectivity index (χ1n) is 8.83. The Labute approximate surface area is 170 Å². The van der Waals surface area contributed by atoms with Crippen molar-refractivity contribution in [1.82, 2.24) is 4.90 Å². The summed E-state index contributed by atoms with van der Waals surface area (Å²) in [7, 11) is 1.79. The van der Waals surface area contributed by atoms with Crippen LogP contribution >= 0.6 is 27.3 Å². The van der Waals surface area contributed by atoms with Crippen LogP contribution < -0.4 is 5.32 Å². The van der Waals surface area contributed by atoms with Crippen LogP contribution in [0.4, 0.5) is 5.69 Å². The van der Waals surface area contributed by atoms with Crippen LogP contribution in [-0.4, -0.2) is 23.8 Å². The molecule has 6 heteroatoms. The first-order valence-corrected chi connectivity index (χ1v) is 10.5. The van der Waals surface area contributed by atoms with Crippen LogP contribution in [0.1, 0.15) is 28.1 Å². The van der Waals surface area contributed by atoms with Crippen molar-refractivity contribution in [3.8, 4) is 0 Å². The third-order valence-corrected chi connectivity index (χ3v) is 6.37. The lowest BCUT2D eigenvalue weighted by Crippen LogP contribution is -2.27. The van der Waals surface area contributed by atoms with E-state index in [2.05, 4.69) is 21.2 Å². The number of amides is 2. The van der Waals surface area contributed by atoms with Gasteiger partial charge in [-0.15, -0.1) is 11.3 Å². The zero-order valence-electron chi connectivity index (χ0n) is 14.9. The Balaban J connectivity index is 1.66. The van der Waals surface area contributed by atoms with E-state index >= 15 is 0 Å². The molecule has 1 aliphatic carbocycles. The average Bonchev–Trinajstić information content (AvgIpc) is 3.43. The topological polar surface area (TPSA) is 49.4 Å². The highest BCUT2D eigenvalue weighted by molar-refractivity contribution is 9.10. The molecule has 1 fully saturated rings. The van der Waals surface area contributed by atoms with Crippen molar-refractivity contribution in [2.24, 2.45) is 5.92 Å². The highest BCUT2D eigenvalue weighted by Gasteiger charge is 2.30. The van der Waals surface area contributed by atoms with Gasteiger partial charge in [-0.05, 0) is 57.7 Å². The number of carbonyl (C=O) groups excluding carboxylic acids is 2. The Morgan fingerprint density at radius 3 is 2.52 bits per heavy atom. The van der Waals surface area contributed by atoms with Crippen molar-refractivity contribution in [1.29, 1.82) is 0 Å². The van der Waals surface area contributed by atoms with E-state index in [-0.39, 0.29) is 17.7 Å². The van der Waals surface area contributed by atoms with E-state index in [1.807, 2.05) is 47.8 Å². The third kappa shape index (κ3) is 4.06. The van der Waals surface area contributed by atoms with Gasteiger partial charge in [0.2, 0.25) is 5.91 Å². The van der Waals surface area contributed by atoms with Crippen LogP contribution in [0.25, 0.3) is 10.8 Å². The van der Waals surface area contributed by atoms with Gasteiger partial charge in [-0.25, -0.2) is 0 Å². The molecule has 1 aliphatic rings. The second kappa shape index (κ2) is 7.44. The maximum absolute atomic E-state index is 13.2. The van der Waals surface area contributed by atoms with Gasteiger partial charge in [-0.2, -0.15) is 0 Å². The summed E-state index contributed by atoms with van der Waals surface area (Å²) in [6.45, 7) is 0.526. The molecule has 138 valence electrons. The van der Waals surface area contributed by atoms with E-state index < -0.39 is 0 Å². The van der Waals surface area contributed by atoms with Crippen molar-refractivity contribution in [2.75, 3.05) is 12.4 Å². The lowest BCUT2D eigenvalue weighted by atomic mass is 10.0. The molecule has 3 aromatic rings. The summed E-state index contributed by atoms with van der Waals surface area (Å²) in [4.78, 5) is 28.3. The van der Waals surface area contributed by atoms with Gasteiger partial charge >= 0.3 is 0 Å². The summed E-state index contributed by atoms with van der Waals surface area (Å²) in [5.41, 5.74) is 1.12. The number of rotatable bonds is 5. The highest BCUT2D eigenvalue weighted by atomic mass is 79.9. The second-order valence-corrected chi connectivity index (χ2v) is 8.81. The molecule has 1 N–H and O–H groups in total. The van der Waals surface area contributed by atoms with Crippen molar-refractivity contribution in [3.63, 3.8) is 0 Å². The van der Waals surface area contributed by atoms with E-state index in [1.54, 1.807) is 23.3 Å². The van der Waals surface area contributed by atoms with Gasteiger partial charge in [0, 0.05) is 27.7 Å². The lowest BCUT2D eigenvalue weighted by molar-refractivity contribution is -0.117. The van der Waals surface area contributed by atoms with Crippen molar-refractivity contribution >= 4 is 55.5 Å². The minimum absolute atomic E-state index is 0.00386. The van der Waals surface area contributed by atoms with Gasteiger partial charge in [0.1, 0.15) is 0 Å². The zero-order chi connectivity index (χ0) is 19.0. The van der Waals surface area contributed by atoms with Crippen LogP contribution in [0.15, 0.2) is 52.3 Å². The SMILES string of the molecule is CN(Cc1cc(Br)cs1)C(=O)c1cc2ccccc2cc1NC(=O)C1CC1. The van der Waals surface area contributed by atoms with E-state index in [9.17, 15) is 9.59 Å². The minimum atomic E-state index is -0.101. The molecule has 0 radical (unpaired) electrons. The van der Waals surface area contributed by atoms with E-state index in [0.29, 0.717) is 17.8 Å². The molecule has 27 heavy (non-hydrogen) atoms. The maximum atomic E-state index is 13.2. The van der Waals surface area contributed by atoms with Gasteiger partial charge in [-0.1, -0.05) is 24.3 Å². The van der Waals surface area contributed by atoms with Crippen molar-refractivity contribution in [2.45, 2.75) is 19.4 Å². The largest absolute Gasteiger partial charge is 0.336 e. The molecule has 0 atom stereocenters. The standard InChI is InChI=1S/C21H19BrN2O2S/c1-24(11-17-10-16(22)12-27-17)21(26)18-8-14-4-2-3-5-15(14)9-19(18)23-20(25)13-6-7-13/h2-5,8-10,12-13H,6-7,11H2,1H3,(H,23,25). The number of benzene rings is 2. The monoisotopic (exact) mass is 442 g/mol. The first-order chi connectivity index (χ1) is 13.0. The molecule has 0 bridgehead atoms. The Kier molecular flexibility index (Phi) is 5.02. The Bertz CT molecular complexity index is 1030. The molecular formula is C21H19BrN2O2S. The summed E-state index contributed by atoms with van der Waals surface area (Å²) in [6.07, 6.45) is 1.85. The van der Waals surface area contributed by atoms with Crippen LogP contribution in [0.5, 0.6) is 0 Å². The lowest BCUT2D eigenvalue weighted by Gasteiger charge is -2.19. The third-order valence-electron chi connectivity index (χ3n) is 4.68. The smallest absolute Gasteiger partial charge is 0.256 e. The second-order valence-electron chi connectivity index (χ2n) is 6.90. The fourth-order valence-corrected chi connectivity index (χ4v) is 4.55. The van der Waals surface area contributed by atoms with E-state index in [4.69, 9.17) is 0 Å². The van der Waals surface area contributed by atoms with Crippen LogP contribution in [0.2, 0.25) is 0 Å².